The van der Waals surface area contributed by atoms with Gasteiger partial charge in [0.05, 0.1) is 10.6 Å². The first-order valence-corrected chi connectivity index (χ1v) is 10.1. The summed E-state index contributed by atoms with van der Waals surface area (Å²) in [6.45, 7) is 2.47. The third-order valence-electron chi connectivity index (χ3n) is 4.91. The number of allylic oxidation sites excluding steroid dienone is 2. The second kappa shape index (κ2) is 5.88. The van der Waals surface area contributed by atoms with E-state index in [0.29, 0.717) is 17.5 Å². The minimum atomic E-state index is -3.68. The number of anilines is 1. The van der Waals surface area contributed by atoms with Gasteiger partial charge in [0, 0.05) is 28.6 Å². The molecule has 25 heavy (non-hydrogen) atoms. The van der Waals surface area contributed by atoms with E-state index in [0.717, 1.165) is 42.5 Å². The molecule has 4 rings (SSSR count). The summed E-state index contributed by atoms with van der Waals surface area (Å²) in [4.78, 5) is 14.5. The molecule has 5 nitrogen and oxygen atoms in total. The largest absolute Gasteiger partial charge is 0.308 e. The molecule has 1 aliphatic carbocycles. The zero-order chi connectivity index (χ0) is 17.6. The Bertz CT molecular complexity index is 1010. The summed E-state index contributed by atoms with van der Waals surface area (Å²) >= 11 is 0. The Morgan fingerprint density at radius 2 is 2.00 bits per heavy atom. The van der Waals surface area contributed by atoms with Crippen LogP contribution < -0.4 is 9.62 Å². The molecule has 1 heterocycles. The van der Waals surface area contributed by atoms with Gasteiger partial charge in [-0.15, -0.1) is 0 Å². The molecule has 0 spiro atoms. The minimum Gasteiger partial charge on any atom is -0.308 e. The minimum absolute atomic E-state index is 0.0689. The van der Waals surface area contributed by atoms with Crippen molar-refractivity contribution in [3.8, 4) is 0 Å². The van der Waals surface area contributed by atoms with Crippen LogP contribution in [0.1, 0.15) is 43.0 Å². The fraction of sp³-hybridized carbons (Fsp3) is 0.316. The highest BCUT2D eigenvalue weighted by Gasteiger charge is 2.31. The maximum Gasteiger partial charge on any atom is 0.262 e. The lowest BCUT2D eigenvalue weighted by atomic mass is 10.1. The van der Waals surface area contributed by atoms with E-state index in [-0.39, 0.29) is 10.8 Å². The number of rotatable bonds is 4. The molecule has 0 saturated carbocycles. The molecule has 1 amide bonds. The van der Waals surface area contributed by atoms with E-state index in [1.54, 1.807) is 35.2 Å². The second-order valence-electron chi connectivity index (χ2n) is 6.44. The van der Waals surface area contributed by atoms with Gasteiger partial charge in [-0.1, -0.05) is 18.2 Å². The summed E-state index contributed by atoms with van der Waals surface area (Å²) in [6.07, 6.45) is 5.72. The predicted octanol–water partition coefficient (Wildman–Crippen LogP) is 3.56. The van der Waals surface area contributed by atoms with Crippen molar-refractivity contribution in [3.63, 3.8) is 0 Å². The first-order chi connectivity index (χ1) is 12.0. The molecule has 0 aromatic heterocycles. The van der Waals surface area contributed by atoms with Crippen molar-refractivity contribution in [2.24, 2.45) is 0 Å². The highest BCUT2D eigenvalue weighted by molar-refractivity contribution is 7.89. The quantitative estimate of drug-likeness (QED) is 0.911. The summed E-state index contributed by atoms with van der Waals surface area (Å²) in [5.74, 6) is -0.0689. The third-order valence-corrected chi connectivity index (χ3v) is 6.37. The van der Waals surface area contributed by atoms with Crippen LogP contribution in [0.2, 0.25) is 0 Å². The fourth-order valence-electron chi connectivity index (χ4n) is 3.73. The van der Waals surface area contributed by atoms with E-state index < -0.39 is 10.0 Å². The number of nitrogens with one attached hydrogen (secondary N) is 1. The van der Waals surface area contributed by atoms with Crippen molar-refractivity contribution in [1.82, 2.24) is 4.72 Å². The average Bonchev–Trinajstić information content (AvgIpc) is 2.89. The first kappa shape index (κ1) is 16.1. The number of carbonyl (C=O) groups excluding carboxylic acids is 1. The number of nitrogens with zero attached hydrogens (tertiary/aromatic N) is 1. The van der Waals surface area contributed by atoms with Gasteiger partial charge in [0.25, 0.3) is 15.9 Å². The van der Waals surface area contributed by atoms with Crippen LogP contribution in [0, 0.1) is 0 Å². The SMILES string of the molecule is CCN1C(=O)c2cccc3c(S(=O)(=O)NC4=CCCCC4)ccc1c23. The van der Waals surface area contributed by atoms with Crippen LogP contribution in [0.3, 0.4) is 0 Å². The van der Waals surface area contributed by atoms with E-state index in [1.165, 1.54) is 0 Å². The van der Waals surface area contributed by atoms with Crippen molar-refractivity contribution in [2.75, 3.05) is 11.4 Å². The Labute approximate surface area is 147 Å². The lowest BCUT2D eigenvalue weighted by molar-refractivity contribution is 0.0994. The van der Waals surface area contributed by atoms with Gasteiger partial charge in [0.15, 0.2) is 0 Å². The van der Waals surface area contributed by atoms with Gasteiger partial charge in [-0.25, -0.2) is 8.42 Å². The normalized spacial score (nSPS) is 17.1. The third kappa shape index (κ3) is 2.52. The van der Waals surface area contributed by atoms with E-state index in [9.17, 15) is 13.2 Å². The molecule has 2 aromatic carbocycles. The number of hydrogen-bond acceptors (Lipinski definition) is 3. The fourth-order valence-corrected chi connectivity index (χ4v) is 5.07. The molecule has 0 radical (unpaired) electrons. The zero-order valence-electron chi connectivity index (χ0n) is 14.1. The number of sulfonamides is 1. The lowest BCUT2D eigenvalue weighted by Gasteiger charge is -2.17. The molecule has 0 saturated heterocycles. The monoisotopic (exact) mass is 356 g/mol. The second-order valence-corrected chi connectivity index (χ2v) is 8.09. The lowest BCUT2D eigenvalue weighted by Crippen LogP contribution is -2.26. The molecular formula is C19H20N2O3S. The highest BCUT2D eigenvalue weighted by Crippen LogP contribution is 2.40. The number of benzene rings is 2. The van der Waals surface area contributed by atoms with Crippen LogP contribution in [0.25, 0.3) is 10.8 Å². The van der Waals surface area contributed by atoms with Crippen LogP contribution >= 0.6 is 0 Å². The molecule has 0 fully saturated rings. The van der Waals surface area contributed by atoms with Gasteiger partial charge in [-0.3, -0.25) is 9.52 Å². The Balaban J connectivity index is 1.86. The topological polar surface area (TPSA) is 66.5 Å². The number of carbonyl (C=O) groups is 1. The molecule has 0 unspecified atom stereocenters. The van der Waals surface area contributed by atoms with E-state index >= 15 is 0 Å². The van der Waals surface area contributed by atoms with Crippen LogP contribution in [-0.4, -0.2) is 20.9 Å². The maximum atomic E-state index is 12.9. The van der Waals surface area contributed by atoms with Crippen molar-refractivity contribution >= 4 is 32.4 Å². The molecule has 2 aromatic rings. The van der Waals surface area contributed by atoms with E-state index in [2.05, 4.69) is 4.72 Å². The van der Waals surface area contributed by atoms with E-state index in [4.69, 9.17) is 0 Å². The summed E-state index contributed by atoms with van der Waals surface area (Å²) in [6, 6.07) is 8.63. The standard InChI is InChI=1S/C19H20N2O3S/c1-2-21-16-11-12-17(14-9-6-10-15(18(14)16)19(21)22)25(23,24)20-13-7-4-3-5-8-13/h6-7,9-12,20H,2-5,8H2,1H3. The molecule has 6 heteroatoms. The van der Waals surface area contributed by atoms with Crippen molar-refractivity contribution in [3.05, 3.63) is 47.7 Å². The Morgan fingerprint density at radius 3 is 2.72 bits per heavy atom. The van der Waals surface area contributed by atoms with Gasteiger partial charge < -0.3 is 4.90 Å². The van der Waals surface area contributed by atoms with Gasteiger partial charge in [-0.05, 0) is 50.8 Å². The number of amides is 1. The van der Waals surface area contributed by atoms with Crippen molar-refractivity contribution in [2.45, 2.75) is 37.5 Å². The smallest absolute Gasteiger partial charge is 0.262 e. The molecule has 1 aliphatic heterocycles. The summed E-state index contributed by atoms with van der Waals surface area (Å²) in [5.41, 5.74) is 2.12. The van der Waals surface area contributed by atoms with Crippen LogP contribution in [0.4, 0.5) is 5.69 Å². The van der Waals surface area contributed by atoms with Crippen LogP contribution in [0.5, 0.6) is 0 Å². The van der Waals surface area contributed by atoms with Gasteiger partial charge in [0.2, 0.25) is 0 Å². The van der Waals surface area contributed by atoms with Gasteiger partial charge >= 0.3 is 0 Å². The van der Waals surface area contributed by atoms with Gasteiger partial charge in [-0.2, -0.15) is 0 Å². The number of hydrogen-bond donors (Lipinski definition) is 1. The summed E-state index contributed by atoms with van der Waals surface area (Å²) in [5, 5.41) is 1.33. The van der Waals surface area contributed by atoms with Crippen molar-refractivity contribution in [1.29, 1.82) is 0 Å². The first-order valence-electron chi connectivity index (χ1n) is 8.62. The van der Waals surface area contributed by atoms with Gasteiger partial charge in [0.1, 0.15) is 0 Å². The predicted molar refractivity (Wildman–Crippen MR) is 98.2 cm³/mol. The molecular weight excluding hydrogens is 336 g/mol. The zero-order valence-corrected chi connectivity index (χ0v) is 14.9. The Morgan fingerprint density at radius 1 is 1.16 bits per heavy atom. The van der Waals surface area contributed by atoms with Crippen LogP contribution in [-0.2, 0) is 10.0 Å². The molecule has 0 bridgehead atoms. The molecule has 0 atom stereocenters. The molecule has 130 valence electrons. The maximum absolute atomic E-state index is 12.9. The van der Waals surface area contributed by atoms with Crippen LogP contribution in [0.15, 0.2) is 47.0 Å². The Hall–Kier alpha value is -2.34. The molecule has 1 N–H and O–H groups in total. The average molecular weight is 356 g/mol. The Kier molecular flexibility index (Phi) is 3.80. The summed E-state index contributed by atoms with van der Waals surface area (Å²) < 4.78 is 28.6. The summed E-state index contributed by atoms with van der Waals surface area (Å²) in [7, 11) is -3.68. The van der Waals surface area contributed by atoms with Crippen molar-refractivity contribution < 1.29 is 13.2 Å². The highest BCUT2D eigenvalue weighted by atomic mass is 32.2. The van der Waals surface area contributed by atoms with E-state index in [1.807, 2.05) is 13.0 Å². The molecule has 2 aliphatic rings.